The fourth-order valence-corrected chi connectivity index (χ4v) is 6.75. The number of ether oxygens (including phenoxy) is 1. The van der Waals surface area contributed by atoms with E-state index in [2.05, 4.69) is 0 Å². The second-order valence-electron chi connectivity index (χ2n) is 10.1. The number of nitro groups is 1. The molecule has 0 saturated carbocycles. The van der Waals surface area contributed by atoms with E-state index < -0.39 is 32.7 Å². The molecule has 10 heteroatoms. The maximum atomic E-state index is 13.5. The van der Waals surface area contributed by atoms with Gasteiger partial charge in [0.05, 0.1) is 21.6 Å². The van der Waals surface area contributed by atoms with E-state index in [1.54, 1.807) is 30.3 Å². The number of carbonyl (C=O) groups excluding carboxylic acids is 1. The lowest BCUT2D eigenvalue weighted by molar-refractivity contribution is -0.385. The van der Waals surface area contributed by atoms with Crippen LogP contribution < -0.4 is 10.6 Å². The van der Waals surface area contributed by atoms with Gasteiger partial charge in [0.15, 0.2) is 9.84 Å². The molecule has 3 aromatic carbocycles. The Hall–Kier alpha value is -3.66. The summed E-state index contributed by atoms with van der Waals surface area (Å²) in [5.41, 5.74) is 5.41. The molecule has 0 radical (unpaired) electrons. The molecule has 190 valence electrons. The molecule has 0 aromatic heterocycles. The molecule has 1 fully saturated rings. The topological polar surface area (TPSA) is 133 Å². The van der Waals surface area contributed by atoms with Gasteiger partial charge in [0, 0.05) is 35.7 Å². The minimum atomic E-state index is -3.91. The second-order valence-corrected chi connectivity index (χ2v) is 12.0. The average Bonchev–Trinajstić information content (AvgIpc) is 3.21. The first-order valence-electron chi connectivity index (χ1n) is 11.6. The fourth-order valence-electron chi connectivity index (χ4n) is 5.15. The van der Waals surface area contributed by atoms with Crippen LogP contribution in [0.3, 0.4) is 0 Å². The zero-order chi connectivity index (χ0) is 26.3. The molecule has 0 aliphatic carbocycles. The van der Waals surface area contributed by atoms with Gasteiger partial charge in [-0.25, -0.2) is 13.2 Å². The van der Waals surface area contributed by atoms with Crippen molar-refractivity contribution in [2.24, 2.45) is 11.1 Å². The van der Waals surface area contributed by atoms with Crippen LogP contribution in [0.2, 0.25) is 0 Å². The Morgan fingerprint density at radius 1 is 1.14 bits per heavy atom. The molecule has 1 amide bonds. The first-order valence-corrected chi connectivity index (χ1v) is 13.2. The van der Waals surface area contributed by atoms with Crippen LogP contribution in [0.1, 0.15) is 32.8 Å². The predicted molar refractivity (Wildman–Crippen MR) is 138 cm³/mol. The number of nitro benzene ring substituents is 1. The highest BCUT2D eigenvalue weighted by Crippen LogP contribution is 2.39. The molecule has 0 bridgehead atoms. The Morgan fingerprint density at radius 3 is 2.50 bits per heavy atom. The summed E-state index contributed by atoms with van der Waals surface area (Å²) in [5, 5.41) is 13.1. The number of rotatable bonds is 6. The highest BCUT2D eigenvalue weighted by Gasteiger charge is 2.44. The summed E-state index contributed by atoms with van der Waals surface area (Å²) in [6, 6.07) is 16.4. The van der Waals surface area contributed by atoms with Crippen molar-refractivity contribution < 1.29 is 22.9 Å². The number of benzene rings is 3. The Balaban J connectivity index is 1.76. The van der Waals surface area contributed by atoms with Gasteiger partial charge >= 0.3 is 6.09 Å². The van der Waals surface area contributed by atoms with Crippen LogP contribution in [0.5, 0.6) is 0 Å². The van der Waals surface area contributed by atoms with Crippen molar-refractivity contribution in [3.8, 4) is 0 Å². The predicted octanol–water partition coefficient (Wildman–Crippen LogP) is 4.81. The molecule has 9 nitrogen and oxygen atoms in total. The number of primary amides is 1. The second kappa shape index (κ2) is 9.42. The standard InChI is InChI=1S/C26H29N3O6S/c1-26(2,3)24-22(35-25(27)30)13-14-28(24)19-11-12-21(29(31)32)18(15-19)16-36(33,34)23-10-6-8-17-7-4-5-9-20(17)23/h4-12,15,22,24H,13-14,16H2,1-3H3,(H2,27,30)/t22?,24-/m0/s1. The highest BCUT2D eigenvalue weighted by molar-refractivity contribution is 7.90. The van der Waals surface area contributed by atoms with E-state index in [4.69, 9.17) is 10.5 Å². The Morgan fingerprint density at radius 2 is 1.83 bits per heavy atom. The monoisotopic (exact) mass is 511 g/mol. The molecule has 2 N–H and O–H groups in total. The SMILES string of the molecule is CC(C)(C)[C@@H]1C(OC(N)=O)CCN1c1ccc([N+](=O)[O-])c(CS(=O)(=O)c2cccc3ccccc23)c1. The summed E-state index contributed by atoms with van der Waals surface area (Å²) >= 11 is 0. The third kappa shape index (κ3) is 4.99. The molecule has 36 heavy (non-hydrogen) atoms. The molecule has 1 heterocycles. The molecule has 2 atom stereocenters. The summed E-state index contributed by atoms with van der Waals surface area (Å²) in [4.78, 5) is 24.8. The molecular weight excluding hydrogens is 482 g/mol. The normalized spacial score (nSPS) is 18.4. The zero-order valence-electron chi connectivity index (χ0n) is 20.4. The number of sulfone groups is 1. The number of amides is 1. The molecular formula is C26H29N3O6S. The minimum Gasteiger partial charge on any atom is -0.444 e. The lowest BCUT2D eigenvalue weighted by atomic mass is 9.83. The summed E-state index contributed by atoms with van der Waals surface area (Å²) < 4.78 is 32.4. The van der Waals surface area contributed by atoms with Gasteiger partial charge in [0.2, 0.25) is 0 Å². The molecule has 1 unspecified atom stereocenters. The van der Waals surface area contributed by atoms with Gasteiger partial charge in [-0.15, -0.1) is 0 Å². The van der Waals surface area contributed by atoms with Gasteiger partial charge in [-0.2, -0.15) is 0 Å². The minimum absolute atomic E-state index is 0.0948. The van der Waals surface area contributed by atoms with Crippen LogP contribution in [-0.2, 0) is 20.3 Å². The van der Waals surface area contributed by atoms with Crippen LogP contribution >= 0.6 is 0 Å². The van der Waals surface area contributed by atoms with Gasteiger partial charge in [0.25, 0.3) is 5.69 Å². The van der Waals surface area contributed by atoms with Crippen LogP contribution in [0.4, 0.5) is 16.2 Å². The van der Waals surface area contributed by atoms with Crippen molar-refractivity contribution >= 4 is 38.1 Å². The Bertz CT molecular complexity index is 1430. The van der Waals surface area contributed by atoms with Crippen molar-refractivity contribution in [1.82, 2.24) is 0 Å². The van der Waals surface area contributed by atoms with Gasteiger partial charge in [-0.05, 0) is 29.0 Å². The number of hydrogen-bond acceptors (Lipinski definition) is 7. The number of fused-ring (bicyclic) bond motifs is 1. The molecule has 1 aliphatic heterocycles. The smallest absolute Gasteiger partial charge is 0.404 e. The van der Waals surface area contributed by atoms with E-state index in [0.717, 1.165) is 5.39 Å². The summed E-state index contributed by atoms with van der Waals surface area (Å²) in [6.07, 6.45) is -0.784. The van der Waals surface area contributed by atoms with Gasteiger partial charge in [0.1, 0.15) is 6.10 Å². The van der Waals surface area contributed by atoms with Crippen molar-refractivity contribution in [2.75, 3.05) is 11.4 Å². The maximum Gasteiger partial charge on any atom is 0.404 e. The number of carbonyl (C=O) groups is 1. The van der Waals surface area contributed by atoms with Crippen molar-refractivity contribution in [1.29, 1.82) is 0 Å². The van der Waals surface area contributed by atoms with Crippen molar-refractivity contribution in [2.45, 2.75) is 50.0 Å². The fraction of sp³-hybridized carbons (Fsp3) is 0.346. The number of hydrogen-bond donors (Lipinski definition) is 1. The number of anilines is 1. The molecule has 4 rings (SSSR count). The van der Waals surface area contributed by atoms with E-state index in [1.807, 2.05) is 43.9 Å². The zero-order valence-corrected chi connectivity index (χ0v) is 21.2. The van der Waals surface area contributed by atoms with E-state index in [0.29, 0.717) is 24.0 Å². The quantitative estimate of drug-likeness (QED) is 0.371. The highest BCUT2D eigenvalue weighted by atomic mass is 32.2. The van der Waals surface area contributed by atoms with Crippen LogP contribution in [0.25, 0.3) is 10.8 Å². The van der Waals surface area contributed by atoms with Crippen LogP contribution in [-0.4, -0.2) is 38.1 Å². The van der Waals surface area contributed by atoms with E-state index in [9.17, 15) is 23.3 Å². The van der Waals surface area contributed by atoms with Crippen LogP contribution in [0, 0.1) is 15.5 Å². The summed E-state index contributed by atoms with van der Waals surface area (Å²) in [7, 11) is -3.91. The molecule has 3 aromatic rings. The summed E-state index contributed by atoms with van der Waals surface area (Å²) in [5.74, 6) is -0.527. The van der Waals surface area contributed by atoms with Crippen molar-refractivity contribution in [3.63, 3.8) is 0 Å². The lowest BCUT2D eigenvalue weighted by Crippen LogP contribution is -2.47. The molecule has 1 aliphatic rings. The van der Waals surface area contributed by atoms with E-state index in [1.165, 1.54) is 12.1 Å². The molecule has 0 spiro atoms. The number of nitrogens with zero attached hydrogens (tertiary/aromatic N) is 2. The third-order valence-corrected chi connectivity index (χ3v) is 8.24. The largest absolute Gasteiger partial charge is 0.444 e. The van der Waals surface area contributed by atoms with Gasteiger partial charge < -0.3 is 15.4 Å². The third-order valence-electron chi connectivity index (χ3n) is 6.52. The average molecular weight is 512 g/mol. The first-order chi connectivity index (χ1) is 16.9. The number of nitrogens with two attached hydrogens (primary N) is 1. The van der Waals surface area contributed by atoms with E-state index >= 15 is 0 Å². The maximum absolute atomic E-state index is 13.5. The molecule has 1 saturated heterocycles. The van der Waals surface area contributed by atoms with Gasteiger partial charge in [-0.1, -0.05) is 57.2 Å². The summed E-state index contributed by atoms with van der Waals surface area (Å²) in [6.45, 7) is 6.53. The van der Waals surface area contributed by atoms with E-state index in [-0.39, 0.29) is 27.6 Å². The van der Waals surface area contributed by atoms with Crippen molar-refractivity contribution in [3.05, 3.63) is 76.3 Å². The Labute approximate surface area is 209 Å². The van der Waals surface area contributed by atoms with Gasteiger partial charge in [-0.3, -0.25) is 10.1 Å². The Kier molecular flexibility index (Phi) is 6.66. The lowest BCUT2D eigenvalue weighted by Gasteiger charge is -2.39. The first kappa shape index (κ1) is 25.4. The van der Waals surface area contributed by atoms with Crippen LogP contribution in [0.15, 0.2) is 65.6 Å².